The van der Waals surface area contributed by atoms with E-state index in [9.17, 15) is 0 Å². The molecule has 0 bridgehead atoms. The Kier molecular flexibility index (Phi) is 5.11. The molecule has 0 heterocycles. The van der Waals surface area contributed by atoms with Crippen LogP contribution in [0.4, 0.5) is 0 Å². The van der Waals surface area contributed by atoms with Crippen molar-refractivity contribution in [2.24, 2.45) is 0 Å². The molecular weight excluding hydrogens is 444 g/mol. The Morgan fingerprint density at radius 2 is 0.676 bits per heavy atom. The van der Waals surface area contributed by atoms with Gasteiger partial charge in [-0.2, -0.15) is 0 Å². The second-order valence-electron chi connectivity index (χ2n) is 9.73. The summed E-state index contributed by atoms with van der Waals surface area (Å²) in [5.74, 6) is 0. The predicted molar refractivity (Wildman–Crippen MR) is 155 cm³/mol. The van der Waals surface area contributed by atoms with Crippen LogP contribution in [-0.4, -0.2) is 0 Å². The Balaban J connectivity index is 1.56. The molecule has 0 spiro atoms. The Hall–Kier alpha value is -4.68. The van der Waals surface area contributed by atoms with Gasteiger partial charge in [0, 0.05) is 0 Å². The lowest BCUT2D eigenvalue weighted by atomic mass is 9.67. The van der Waals surface area contributed by atoms with Crippen molar-refractivity contribution in [2.75, 3.05) is 0 Å². The van der Waals surface area contributed by atoms with Crippen LogP contribution in [0.5, 0.6) is 0 Å². The fourth-order valence-electron chi connectivity index (χ4n) is 6.15. The van der Waals surface area contributed by atoms with Gasteiger partial charge in [-0.1, -0.05) is 146 Å². The Morgan fingerprint density at radius 3 is 1.14 bits per heavy atom. The molecule has 37 heavy (non-hydrogen) atoms. The lowest BCUT2D eigenvalue weighted by Gasteiger charge is -2.34. The maximum absolute atomic E-state index is 2.39. The van der Waals surface area contributed by atoms with Gasteiger partial charge < -0.3 is 0 Å². The number of benzene rings is 6. The highest BCUT2D eigenvalue weighted by molar-refractivity contribution is 5.87. The van der Waals surface area contributed by atoms with Gasteiger partial charge in [0.15, 0.2) is 0 Å². The maximum Gasteiger partial charge on any atom is 0.0713 e. The van der Waals surface area contributed by atoms with Gasteiger partial charge in [0.1, 0.15) is 0 Å². The van der Waals surface area contributed by atoms with E-state index in [2.05, 4.69) is 158 Å². The molecule has 0 radical (unpaired) electrons. The van der Waals surface area contributed by atoms with Gasteiger partial charge in [-0.15, -0.1) is 0 Å². The highest BCUT2D eigenvalue weighted by Gasteiger charge is 2.46. The van der Waals surface area contributed by atoms with Gasteiger partial charge in [0.2, 0.25) is 0 Å². The van der Waals surface area contributed by atoms with Gasteiger partial charge in [-0.3, -0.25) is 0 Å². The third-order valence-corrected chi connectivity index (χ3v) is 7.76. The lowest BCUT2D eigenvalue weighted by Crippen LogP contribution is -2.28. The molecule has 174 valence electrons. The molecule has 1 aliphatic carbocycles. The summed E-state index contributed by atoms with van der Waals surface area (Å²) < 4.78 is 0. The third-order valence-electron chi connectivity index (χ3n) is 7.76. The van der Waals surface area contributed by atoms with Crippen molar-refractivity contribution in [3.05, 3.63) is 180 Å². The van der Waals surface area contributed by atoms with Crippen LogP contribution in [0.25, 0.3) is 33.4 Å². The average Bonchev–Trinajstić information content (AvgIpc) is 3.30. The van der Waals surface area contributed by atoms with Crippen LogP contribution in [0.2, 0.25) is 0 Å². The molecule has 0 aromatic heterocycles. The summed E-state index contributed by atoms with van der Waals surface area (Å²) in [4.78, 5) is 0. The molecule has 0 aliphatic heterocycles. The number of hydrogen-bond donors (Lipinski definition) is 0. The van der Waals surface area contributed by atoms with E-state index in [0.717, 1.165) is 0 Å². The van der Waals surface area contributed by atoms with Crippen molar-refractivity contribution in [2.45, 2.75) is 5.41 Å². The first-order valence-corrected chi connectivity index (χ1v) is 12.9. The number of fused-ring (bicyclic) bond motifs is 3. The molecule has 0 N–H and O–H groups in total. The Bertz CT molecular complexity index is 1580. The van der Waals surface area contributed by atoms with Gasteiger partial charge in [-0.25, -0.2) is 0 Å². The lowest BCUT2D eigenvalue weighted by molar-refractivity contribution is 0.769. The molecule has 7 rings (SSSR count). The topological polar surface area (TPSA) is 0 Å². The number of hydrogen-bond acceptors (Lipinski definition) is 0. The molecule has 0 unspecified atom stereocenters. The van der Waals surface area contributed by atoms with Crippen LogP contribution in [0.15, 0.2) is 158 Å². The second kappa shape index (κ2) is 8.76. The molecule has 0 nitrogen and oxygen atoms in total. The summed E-state index contributed by atoms with van der Waals surface area (Å²) in [6, 6.07) is 57.5. The second-order valence-corrected chi connectivity index (χ2v) is 9.73. The van der Waals surface area contributed by atoms with E-state index >= 15 is 0 Å². The smallest absolute Gasteiger partial charge is 0.0622 e. The minimum atomic E-state index is -0.414. The van der Waals surface area contributed by atoms with Gasteiger partial charge in [-0.05, 0) is 67.8 Å². The zero-order chi connectivity index (χ0) is 24.7. The van der Waals surface area contributed by atoms with Crippen LogP contribution in [0.1, 0.15) is 22.3 Å². The minimum Gasteiger partial charge on any atom is -0.0622 e. The third kappa shape index (κ3) is 3.37. The summed E-state index contributed by atoms with van der Waals surface area (Å²) >= 11 is 0. The van der Waals surface area contributed by atoms with Crippen LogP contribution in [0, 0.1) is 0 Å². The summed E-state index contributed by atoms with van der Waals surface area (Å²) in [5, 5.41) is 0. The molecule has 0 heteroatoms. The maximum atomic E-state index is 2.39. The van der Waals surface area contributed by atoms with Crippen LogP contribution < -0.4 is 0 Å². The van der Waals surface area contributed by atoms with E-state index in [1.165, 1.54) is 55.6 Å². The van der Waals surface area contributed by atoms with Crippen LogP contribution in [-0.2, 0) is 5.41 Å². The Morgan fingerprint density at radius 1 is 0.297 bits per heavy atom. The summed E-state index contributed by atoms with van der Waals surface area (Å²) in [7, 11) is 0. The van der Waals surface area contributed by atoms with Crippen molar-refractivity contribution < 1.29 is 0 Å². The van der Waals surface area contributed by atoms with E-state index < -0.39 is 5.41 Å². The molecule has 0 saturated carbocycles. The average molecular weight is 471 g/mol. The zero-order valence-corrected chi connectivity index (χ0v) is 20.5. The van der Waals surface area contributed by atoms with E-state index in [1.54, 1.807) is 0 Å². The van der Waals surface area contributed by atoms with Crippen molar-refractivity contribution in [3.8, 4) is 33.4 Å². The quantitative estimate of drug-likeness (QED) is 0.240. The van der Waals surface area contributed by atoms with Crippen LogP contribution >= 0.6 is 0 Å². The standard InChI is InChI=1S/C37H26/c1-3-13-27(14-4-1)29-17-11-19-31(25-29)37(32-20-12-18-30(26-32)28-15-5-2-6-16-28)35-23-9-7-21-33(35)34-22-8-10-24-36(34)37/h1-26H. The highest BCUT2D eigenvalue weighted by Crippen LogP contribution is 2.56. The fraction of sp³-hybridized carbons (Fsp3) is 0.0270. The minimum absolute atomic E-state index is 0.414. The van der Waals surface area contributed by atoms with Crippen molar-refractivity contribution >= 4 is 0 Å². The van der Waals surface area contributed by atoms with Crippen molar-refractivity contribution in [1.29, 1.82) is 0 Å². The summed E-state index contributed by atoms with van der Waals surface area (Å²) in [5.41, 5.74) is 12.4. The predicted octanol–water partition coefficient (Wildman–Crippen LogP) is 9.38. The first-order chi connectivity index (χ1) is 18.4. The largest absolute Gasteiger partial charge is 0.0713 e. The Labute approximate surface area is 218 Å². The monoisotopic (exact) mass is 470 g/mol. The summed E-state index contributed by atoms with van der Waals surface area (Å²) in [6.45, 7) is 0. The number of rotatable bonds is 4. The molecule has 0 saturated heterocycles. The SMILES string of the molecule is c1ccc(-c2cccc(C3(c4cccc(-c5ccccc5)c4)c4ccccc4-c4ccccc43)c2)cc1. The molecule has 6 aromatic carbocycles. The van der Waals surface area contributed by atoms with E-state index in [0.29, 0.717) is 0 Å². The van der Waals surface area contributed by atoms with Crippen molar-refractivity contribution in [3.63, 3.8) is 0 Å². The first kappa shape index (κ1) is 21.6. The highest BCUT2D eigenvalue weighted by atomic mass is 14.5. The molecule has 0 atom stereocenters. The van der Waals surface area contributed by atoms with Crippen molar-refractivity contribution in [1.82, 2.24) is 0 Å². The molecular formula is C37H26. The first-order valence-electron chi connectivity index (χ1n) is 12.9. The van der Waals surface area contributed by atoms with E-state index in [4.69, 9.17) is 0 Å². The molecule has 0 fully saturated rings. The van der Waals surface area contributed by atoms with Gasteiger partial charge in [0.25, 0.3) is 0 Å². The fourth-order valence-corrected chi connectivity index (χ4v) is 6.15. The molecule has 6 aromatic rings. The van der Waals surface area contributed by atoms with Gasteiger partial charge >= 0.3 is 0 Å². The van der Waals surface area contributed by atoms with Gasteiger partial charge in [0.05, 0.1) is 5.41 Å². The van der Waals surface area contributed by atoms with E-state index in [1.807, 2.05) is 0 Å². The van der Waals surface area contributed by atoms with Crippen LogP contribution in [0.3, 0.4) is 0 Å². The summed E-state index contributed by atoms with van der Waals surface area (Å²) in [6.07, 6.45) is 0. The zero-order valence-electron chi connectivity index (χ0n) is 20.5. The molecule has 1 aliphatic rings. The normalized spacial score (nSPS) is 13.1. The molecule has 0 amide bonds. The van der Waals surface area contributed by atoms with E-state index in [-0.39, 0.29) is 0 Å².